The highest BCUT2D eigenvalue weighted by Crippen LogP contribution is 1.94. The molecule has 0 saturated heterocycles. The normalized spacial score (nSPS) is 13.9. The van der Waals surface area contributed by atoms with Crippen molar-refractivity contribution in [3.63, 3.8) is 0 Å². The van der Waals surface area contributed by atoms with Crippen molar-refractivity contribution in [2.45, 2.75) is 25.4 Å². The minimum atomic E-state index is -1.33. The molecule has 0 aromatic carbocycles. The van der Waals surface area contributed by atoms with Crippen LogP contribution in [0.5, 0.6) is 0 Å². The van der Waals surface area contributed by atoms with Crippen LogP contribution in [0.2, 0.25) is 0 Å². The number of carbonyl (C=O) groups is 3. The molecule has 5 N–H and O–H groups in total. The Kier molecular flexibility index (Phi) is 6.83. The molecule has 0 rings (SSSR count). The lowest BCUT2D eigenvalue weighted by molar-refractivity contribution is -0.146. The van der Waals surface area contributed by atoms with E-state index in [0.29, 0.717) is 6.54 Å². The van der Waals surface area contributed by atoms with Gasteiger partial charge in [0, 0.05) is 6.54 Å². The number of carboxylic acid groups (broad SMARTS) is 3. The number of hydrogen-bond acceptors (Lipinski definition) is 5. The van der Waals surface area contributed by atoms with E-state index in [1.807, 2.05) is 0 Å². The number of carboxylic acids is 3. The van der Waals surface area contributed by atoms with E-state index in [1.165, 1.54) is 0 Å². The Morgan fingerprint density at radius 1 is 1.00 bits per heavy atom. The summed E-state index contributed by atoms with van der Waals surface area (Å²) in [6, 6.07) is -2.25. The molecule has 0 aromatic heterocycles. The number of likely N-dealkylation sites (N-methyl/N-ethyl adjacent to an activating group) is 1. The molecule has 0 heterocycles. The molecule has 0 spiro atoms. The number of aliphatic carboxylic acids is 3. The first kappa shape index (κ1) is 15.3. The van der Waals surface area contributed by atoms with Gasteiger partial charge in [0.1, 0.15) is 12.1 Å². The number of nitrogens with one attached hydrogen (secondary N) is 2. The second-order valence-electron chi connectivity index (χ2n) is 3.35. The largest absolute Gasteiger partial charge is 0.481 e. The van der Waals surface area contributed by atoms with Crippen molar-refractivity contribution in [3.8, 4) is 0 Å². The third-order valence-electron chi connectivity index (χ3n) is 1.99. The Labute approximate surface area is 97.6 Å². The Morgan fingerprint density at radius 2 is 1.53 bits per heavy atom. The summed E-state index contributed by atoms with van der Waals surface area (Å²) in [5.74, 6) is -3.72. The molecule has 8 nitrogen and oxygen atoms in total. The molecular weight excluding hydrogens is 232 g/mol. The molecule has 0 saturated carbocycles. The minimum absolute atomic E-state index is 0.159. The Hall–Kier alpha value is -1.67. The zero-order valence-corrected chi connectivity index (χ0v) is 9.34. The van der Waals surface area contributed by atoms with Crippen LogP contribution < -0.4 is 10.6 Å². The summed E-state index contributed by atoms with van der Waals surface area (Å²) in [6.45, 7) is 1.96. The van der Waals surface area contributed by atoms with E-state index in [0.717, 1.165) is 0 Å². The predicted molar refractivity (Wildman–Crippen MR) is 56.8 cm³/mol. The SMILES string of the molecule is CCN[C@H](CN[C@@H](CC(=O)O)C(=O)O)C(=O)O. The molecule has 0 aliphatic heterocycles. The minimum Gasteiger partial charge on any atom is -0.481 e. The average molecular weight is 248 g/mol. The topological polar surface area (TPSA) is 136 Å². The van der Waals surface area contributed by atoms with Gasteiger partial charge < -0.3 is 26.0 Å². The van der Waals surface area contributed by atoms with Gasteiger partial charge in [0.25, 0.3) is 0 Å². The summed E-state index contributed by atoms with van der Waals surface area (Å²) in [7, 11) is 0. The summed E-state index contributed by atoms with van der Waals surface area (Å²) in [5.41, 5.74) is 0. The van der Waals surface area contributed by atoms with Gasteiger partial charge in [0.2, 0.25) is 0 Å². The van der Waals surface area contributed by atoms with Crippen LogP contribution in [0.4, 0.5) is 0 Å². The Morgan fingerprint density at radius 3 is 1.88 bits per heavy atom. The second-order valence-corrected chi connectivity index (χ2v) is 3.35. The average Bonchev–Trinajstić information content (AvgIpc) is 2.20. The van der Waals surface area contributed by atoms with Gasteiger partial charge in [-0.25, -0.2) is 0 Å². The molecule has 0 aromatic rings. The molecule has 8 heteroatoms. The molecule has 0 unspecified atom stereocenters. The van der Waals surface area contributed by atoms with Crippen molar-refractivity contribution in [3.05, 3.63) is 0 Å². The summed E-state index contributed by atoms with van der Waals surface area (Å²) in [5, 5.41) is 31.0. The fourth-order valence-electron chi connectivity index (χ4n) is 1.17. The summed E-state index contributed by atoms with van der Waals surface area (Å²) in [4.78, 5) is 31.8. The van der Waals surface area contributed by atoms with Crippen molar-refractivity contribution in [1.82, 2.24) is 10.6 Å². The van der Waals surface area contributed by atoms with Crippen LogP contribution in [0.15, 0.2) is 0 Å². The van der Waals surface area contributed by atoms with E-state index >= 15 is 0 Å². The molecule has 2 atom stereocenters. The molecule has 98 valence electrons. The maximum absolute atomic E-state index is 10.7. The highest BCUT2D eigenvalue weighted by atomic mass is 16.4. The van der Waals surface area contributed by atoms with Crippen molar-refractivity contribution in [2.24, 2.45) is 0 Å². The molecule has 0 bridgehead atoms. The monoisotopic (exact) mass is 248 g/mol. The van der Waals surface area contributed by atoms with Crippen LogP contribution in [-0.2, 0) is 14.4 Å². The van der Waals surface area contributed by atoms with Crippen LogP contribution in [0.25, 0.3) is 0 Å². The standard InChI is InChI=1S/C9H16N2O6/c1-2-10-6(9(16)17)4-11-5(8(14)15)3-7(12)13/h5-6,10-11H,2-4H2,1H3,(H,12,13)(H,14,15)(H,16,17)/t5-,6+/m0/s1. The van der Waals surface area contributed by atoms with Crippen molar-refractivity contribution < 1.29 is 29.7 Å². The van der Waals surface area contributed by atoms with Crippen LogP contribution >= 0.6 is 0 Å². The lowest BCUT2D eigenvalue weighted by Gasteiger charge is -2.17. The maximum atomic E-state index is 10.7. The lowest BCUT2D eigenvalue weighted by atomic mass is 10.2. The molecule has 0 aliphatic carbocycles. The highest BCUT2D eigenvalue weighted by Gasteiger charge is 2.23. The molecule has 0 amide bonds. The zero-order valence-electron chi connectivity index (χ0n) is 9.34. The van der Waals surface area contributed by atoms with Gasteiger partial charge in [-0.2, -0.15) is 0 Å². The predicted octanol–water partition coefficient (Wildman–Crippen LogP) is -1.43. The summed E-state index contributed by atoms with van der Waals surface area (Å²) in [6.07, 6.45) is -0.603. The fourth-order valence-corrected chi connectivity index (χ4v) is 1.17. The van der Waals surface area contributed by atoms with E-state index in [-0.39, 0.29) is 6.54 Å². The third kappa shape index (κ3) is 6.48. The third-order valence-corrected chi connectivity index (χ3v) is 1.99. The van der Waals surface area contributed by atoms with Gasteiger partial charge in [0.15, 0.2) is 0 Å². The molecule has 17 heavy (non-hydrogen) atoms. The molecule has 0 aliphatic rings. The smallest absolute Gasteiger partial charge is 0.322 e. The Balaban J connectivity index is 4.31. The van der Waals surface area contributed by atoms with Gasteiger partial charge in [-0.05, 0) is 6.54 Å². The van der Waals surface area contributed by atoms with Crippen molar-refractivity contribution in [1.29, 1.82) is 0 Å². The summed E-state index contributed by atoms with van der Waals surface area (Å²) >= 11 is 0. The lowest BCUT2D eigenvalue weighted by Crippen LogP contribution is -2.49. The number of rotatable bonds is 9. The van der Waals surface area contributed by atoms with Crippen LogP contribution in [0, 0.1) is 0 Å². The van der Waals surface area contributed by atoms with Gasteiger partial charge in [-0.15, -0.1) is 0 Å². The first-order valence-corrected chi connectivity index (χ1v) is 5.02. The maximum Gasteiger partial charge on any atom is 0.322 e. The van der Waals surface area contributed by atoms with Gasteiger partial charge >= 0.3 is 17.9 Å². The molecular formula is C9H16N2O6. The van der Waals surface area contributed by atoms with Crippen LogP contribution in [-0.4, -0.2) is 58.4 Å². The van der Waals surface area contributed by atoms with Crippen molar-refractivity contribution in [2.75, 3.05) is 13.1 Å². The number of hydrogen-bond donors (Lipinski definition) is 5. The first-order valence-electron chi connectivity index (χ1n) is 5.02. The van der Waals surface area contributed by atoms with Gasteiger partial charge in [-0.3, -0.25) is 14.4 Å². The van der Waals surface area contributed by atoms with E-state index in [4.69, 9.17) is 15.3 Å². The van der Waals surface area contributed by atoms with Gasteiger partial charge in [-0.1, -0.05) is 6.92 Å². The quantitative estimate of drug-likeness (QED) is 0.335. The van der Waals surface area contributed by atoms with E-state index in [1.54, 1.807) is 6.92 Å². The van der Waals surface area contributed by atoms with Crippen LogP contribution in [0.3, 0.4) is 0 Å². The first-order chi connectivity index (χ1) is 7.88. The zero-order chi connectivity index (χ0) is 13.4. The molecule has 0 fully saturated rings. The Bertz CT molecular complexity index is 293. The fraction of sp³-hybridized carbons (Fsp3) is 0.667. The molecule has 0 radical (unpaired) electrons. The van der Waals surface area contributed by atoms with E-state index in [9.17, 15) is 14.4 Å². The second kappa shape index (κ2) is 7.58. The highest BCUT2D eigenvalue weighted by molar-refractivity contribution is 5.80. The van der Waals surface area contributed by atoms with Crippen LogP contribution in [0.1, 0.15) is 13.3 Å². The van der Waals surface area contributed by atoms with E-state index in [2.05, 4.69) is 10.6 Å². The van der Waals surface area contributed by atoms with E-state index < -0.39 is 36.4 Å². The van der Waals surface area contributed by atoms with Gasteiger partial charge in [0.05, 0.1) is 6.42 Å². The van der Waals surface area contributed by atoms with Crippen molar-refractivity contribution >= 4 is 17.9 Å². The summed E-state index contributed by atoms with van der Waals surface area (Å²) < 4.78 is 0.